The van der Waals surface area contributed by atoms with Gasteiger partial charge in [0, 0.05) is 20.1 Å². The molecule has 20 heavy (non-hydrogen) atoms. The van der Waals surface area contributed by atoms with Crippen LogP contribution in [0.4, 0.5) is 0 Å². The van der Waals surface area contributed by atoms with E-state index in [0.29, 0.717) is 6.54 Å². The van der Waals surface area contributed by atoms with Crippen LogP contribution in [0.5, 0.6) is 11.5 Å². The largest absolute Gasteiger partial charge is 0.454 e. The third kappa shape index (κ3) is 2.72. The van der Waals surface area contributed by atoms with E-state index in [0.717, 1.165) is 43.0 Å². The van der Waals surface area contributed by atoms with E-state index >= 15 is 0 Å². The number of benzene rings is 1. The molecule has 2 heterocycles. The molecule has 0 bridgehead atoms. The Hall–Kier alpha value is -1.75. The molecule has 0 saturated carbocycles. The lowest BCUT2D eigenvalue weighted by atomic mass is 9.98. The fourth-order valence-corrected chi connectivity index (χ4v) is 2.77. The zero-order valence-corrected chi connectivity index (χ0v) is 11.7. The summed E-state index contributed by atoms with van der Waals surface area (Å²) in [5, 5.41) is 3.28. The highest BCUT2D eigenvalue weighted by molar-refractivity contribution is 5.79. The first-order chi connectivity index (χ1) is 9.74. The van der Waals surface area contributed by atoms with Crippen LogP contribution in [0, 0.1) is 5.92 Å². The Morgan fingerprint density at radius 1 is 1.40 bits per heavy atom. The molecule has 0 radical (unpaired) electrons. The number of piperidine rings is 1. The van der Waals surface area contributed by atoms with Crippen LogP contribution in [-0.4, -0.2) is 37.7 Å². The maximum Gasteiger partial charge on any atom is 0.231 e. The molecular weight excluding hydrogens is 256 g/mol. The second-order valence-electron chi connectivity index (χ2n) is 5.43. The van der Waals surface area contributed by atoms with E-state index in [1.807, 2.05) is 25.2 Å². The smallest absolute Gasteiger partial charge is 0.231 e. The molecule has 1 N–H and O–H groups in total. The van der Waals surface area contributed by atoms with Gasteiger partial charge in [0.05, 0.1) is 5.92 Å². The van der Waals surface area contributed by atoms with Gasteiger partial charge < -0.3 is 19.7 Å². The van der Waals surface area contributed by atoms with E-state index in [1.165, 1.54) is 0 Å². The third-order valence-corrected chi connectivity index (χ3v) is 3.88. The van der Waals surface area contributed by atoms with Gasteiger partial charge in [-0.25, -0.2) is 0 Å². The van der Waals surface area contributed by atoms with E-state index in [-0.39, 0.29) is 18.6 Å². The van der Waals surface area contributed by atoms with Gasteiger partial charge in [-0.05, 0) is 37.1 Å². The summed E-state index contributed by atoms with van der Waals surface area (Å²) in [6, 6.07) is 5.83. The SMILES string of the molecule is CN(Cc1ccc2c(c1)OCO2)C(=O)C1CCCNC1. The van der Waals surface area contributed by atoms with Crippen molar-refractivity contribution in [3.63, 3.8) is 0 Å². The summed E-state index contributed by atoms with van der Waals surface area (Å²) in [7, 11) is 1.86. The molecule has 1 saturated heterocycles. The van der Waals surface area contributed by atoms with Gasteiger partial charge in [-0.1, -0.05) is 6.07 Å². The predicted octanol–water partition coefficient (Wildman–Crippen LogP) is 1.37. The number of hydrogen-bond acceptors (Lipinski definition) is 4. The van der Waals surface area contributed by atoms with Crippen LogP contribution in [0.1, 0.15) is 18.4 Å². The van der Waals surface area contributed by atoms with Crippen LogP contribution in [0.25, 0.3) is 0 Å². The van der Waals surface area contributed by atoms with Gasteiger partial charge in [-0.2, -0.15) is 0 Å². The molecule has 1 unspecified atom stereocenters. The molecule has 1 amide bonds. The van der Waals surface area contributed by atoms with Crippen LogP contribution in [0.15, 0.2) is 18.2 Å². The predicted molar refractivity (Wildman–Crippen MR) is 74.6 cm³/mol. The molecule has 3 rings (SSSR count). The summed E-state index contributed by atoms with van der Waals surface area (Å²) in [6.45, 7) is 2.70. The molecule has 1 aromatic carbocycles. The number of nitrogens with one attached hydrogen (secondary N) is 1. The molecule has 2 aliphatic heterocycles. The standard InChI is InChI=1S/C15H20N2O3/c1-17(15(18)12-3-2-6-16-8-12)9-11-4-5-13-14(7-11)20-10-19-13/h4-5,7,12,16H,2-3,6,8-10H2,1H3. The van der Waals surface area contributed by atoms with Crippen molar-refractivity contribution in [3.05, 3.63) is 23.8 Å². The van der Waals surface area contributed by atoms with Gasteiger partial charge in [0.1, 0.15) is 0 Å². The summed E-state index contributed by atoms with van der Waals surface area (Å²) in [6.07, 6.45) is 2.06. The molecule has 1 aromatic rings. The summed E-state index contributed by atoms with van der Waals surface area (Å²) in [4.78, 5) is 14.2. The zero-order chi connectivity index (χ0) is 13.9. The van der Waals surface area contributed by atoms with E-state index in [2.05, 4.69) is 5.32 Å². The van der Waals surface area contributed by atoms with Crippen molar-refractivity contribution in [2.24, 2.45) is 5.92 Å². The molecule has 5 heteroatoms. The number of carbonyl (C=O) groups excluding carboxylic acids is 1. The van der Waals surface area contributed by atoms with Crippen molar-refractivity contribution in [2.75, 3.05) is 26.9 Å². The van der Waals surface area contributed by atoms with E-state index < -0.39 is 0 Å². The number of fused-ring (bicyclic) bond motifs is 1. The Balaban J connectivity index is 1.63. The van der Waals surface area contributed by atoms with Crippen LogP contribution in [0.2, 0.25) is 0 Å². The Labute approximate surface area is 118 Å². The highest BCUT2D eigenvalue weighted by atomic mass is 16.7. The fraction of sp³-hybridized carbons (Fsp3) is 0.533. The first-order valence-electron chi connectivity index (χ1n) is 7.08. The van der Waals surface area contributed by atoms with Crippen molar-refractivity contribution in [1.82, 2.24) is 10.2 Å². The van der Waals surface area contributed by atoms with Crippen LogP contribution < -0.4 is 14.8 Å². The van der Waals surface area contributed by atoms with Gasteiger partial charge >= 0.3 is 0 Å². The monoisotopic (exact) mass is 276 g/mol. The quantitative estimate of drug-likeness (QED) is 0.906. The molecule has 0 spiro atoms. The van der Waals surface area contributed by atoms with Crippen LogP contribution in [-0.2, 0) is 11.3 Å². The van der Waals surface area contributed by atoms with E-state index in [1.54, 1.807) is 4.90 Å². The minimum absolute atomic E-state index is 0.114. The van der Waals surface area contributed by atoms with Crippen LogP contribution in [0.3, 0.4) is 0 Å². The van der Waals surface area contributed by atoms with Crippen LogP contribution >= 0.6 is 0 Å². The minimum Gasteiger partial charge on any atom is -0.454 e. The Morgan fingerprint density at radius 2 is 2.25 bits per heavy atom. The Kier molecular flexibility index (Phi) is 3.78. The summed E-state index contributed by atoms with van der Waals surface area (Å²) < 4.78 is 10.7. The highest BCUT2D eigenvalue weighted by Gasteiger charge is 2.24. The average molecular weight is 276 g/mol. The molecule has 0 aromatic heterocycles. The summed E-state index contributed by atoms with van der Waals surface area (Å²) in [5.74, 6) is 1.87. The van der Waals surface area contributed by atoms with E-state index in [9.17, 15) is 4.79 Å². The molecule has 1 atom stereocenters. The molecule has 5 nitrogen and oxygen atoms in total. The summed E-state index contributed by atoms with van der Waals surface area (Å²) >= 11 is 0. The summed E-state index contributed by atoms with van der Waals surface area (Å²) in [5.41, 5.74) is 1.06. The third-order valence-electron chi connectivity index (χ3n) is 3.88. The van der Waals surface area contributed by atoms with Crippen molar-refractivity contribution in [3.8, 4) is 11.5 Å². The molecule has 2 aliphatic rings. The number of ether oxygens (including phenoxy) is 2. The van der Waals surface area contributed by atoms with Gasteiger partial charge in [-0.15, -0.1) is 0 Å². The van der Waals surface area contributed by atoms with Gasteiger partial charge in [-0.3, -0.25) is 4.79 Å². The zero-order valence-electron chi connectivity index (χ0n) is 11.7. The van der Waals surface area contributed by atoms with Crippen molar-refractivity contribution in [2.45, 2.75) is 19.4 Å². The average Bonchev–Trinajstić information content (AvgIpc) is 2.95. The number of nitrogens with zero attached hydrogens (tertiary/aromatic N) is 1. The number of carbonyl (C=O) groups is 1. The lowest BCUT2D eigenvalue weighted by Crippen LogP contribution is -2.41. The number of hydrogen-bond donors (Lipinski definition) is 1. The maximum atomic E-state index is 12.4. The fourth-order valence-electron chi connectivity index (χ4n) is 2.77. The number of rotatable bonds is 3. The second kappa shape index (κ2) is 5.71. The normalized spacial score (nSPS) is 20.8. The van der Waals surface area contributed by atoms with Crippen molar-refractivity contribution >= 4 is 5.91 Å². The van der Waals surface area contributed by atoms with Gasteiger partial charge in [0.15, 0.2) is 11.5 Å². The highest BCUT2D eigenvalue weighted by Crippen LogP contribution is 2.32. The van der Waals surface area contributed by atoms with Crippen molar-refractivity contribution in [1.29, 1.82) is 0 Å². The lowest BCUT2D eigenvalue weighted by Gasteiger charge is -2.27. The second-order valence-corrected chi connectivity index (χ2v) is 5.43. The molecule has 108 valence electrons. The molecule has 1 fully saturated rings. The molecule has 0 aliphatic carbocycles. The first kappa shape index (κ1) is 13.2. The number of amides is 1. The first-order valence-corrected chi connectivity index (χ1v) is 7.08. The van der Waals surface area contributed by atoms with Gasteiger partial charge in [0.25, 0.3) is 0 Å². The van der Waals surface area contributed by atoms with E-state index in [4.69, 9.17) is 9.47 Å². The topological polar surface area (TPSA) is 50.8 Å². The van der Waals surface area contributed by atoms with Gasteiger partial charge in [0.2, 0.25) is 12.7 Å². The molecular formula is C15H20N2O3. The van der Waals surface area contributed by atoms with Crippen molar-refractivity contribution < 1.29 is 14.3 Å². The Bertz CT molecular complexity index is 498. The lowest BCUT2D eigenvalue weighted by molar-refractivity contribution is -0.135. The Morgan fingerprint density at radius 3 is 3.05 bits per heavy atom. The minimum atomic E-state index is 0.114. The maximum absolute atomic E-state index is 12.4.